The number of nitrogens with one attached hydrogen (secondary N) is 1. The maximum Gasteiger partial charge on any atom is 0.434 e. The number of nitrogens with zero attached hydrogens (tertiary/aromatic N) is 3. The van der Waals surface area contributed by atoms with Crippen LogP contribution in [-0.4, -0.2) is 20.2 Å². The molecule has 0 atom stereocenters. The molecule has 0 radical (unpaired) electrons. The molecule has 4 aromatic rings. The second-order valence-electron chi connectivity index (χ2n) is 6.35. The normalized spacial score (nSPS) is 13.5. The number of hydrogen-bond acceptors (Lipinski definition) is 4. The van der Waals surface area contributed by atoms with E-state index in [2.05, 4.69) is 15.3 Å². The van der Waals surface area contributed by atoms with Gasteiger partial charge in [-0.1, -0.05) is 36.4 Å². The molecule has 2 aromatic carbocycles. The molecule has 8 heteroatoms. The molecule has 1 N–H and O–H groups in total. The minimum absolute atomic E-state index is 0.369. The van der Waals surface area contributed by atoms with Gasteiger partial charge in [-0.05, 0) is 12.1 Å². The quantitative estimate of drug-likeness (QED) is 0.480. The highest BCUT2D eigenvalue weighted by Crippen LogP contribution is 2.40. The second kappa shape index (κ2) is 6.27. The largest absolute Gasteiger partial charge is 0.434 e. The first-order valence-electron chi connectivity index (χ1n) is 8.52. The van der Waals surface area contributed by atoms with E-state index in [4.69, 9.17) is 0 Å². The average molecular weight is 398 g/mol. The van der Waals surface area contributed by atoms with Gasteiger partial charge in [-0.2, -0.15) is 13.2 Å². The highest BCUT2D eigenvalue weighted by molar-refractivity contribution is 7.99. The van der Waals surface area contributed by atoms with Gasteiger partial charge in [0.25, 0.3) is 0 Å². The molecule has 0 amide bonds. The van der Waals surface area contributed by atoms with Gasteiger partial charge in [-0.25, -0.2) is 9.97 Å². The fraction of sp³-hybridized carbons (Fsp3) is 0.100. The fourth-order valence-electron chi connectivity index (χ4n) is 3.30. The Labute approximate surface area is 162 Å². The van der Waals surface area contributed by atoms with Crippen LogP contribution in [0.5, 0.6) is 0 Å². The van der Waals surface area contributed by atoms with Gasteiger partial charge in [-0.3, -0.25) is 4.40 Å². The van der Waals surface area contributed by atoms with Crippen molar-refractivity contribution in [2.75, 3.05) is 11.2 Å². The van der Waals surface area contributed by atoms with E-state index in [1.807, 2.05) is 48.5 Å². The molecule has 0 bridgehead atoms. The summed E-state index contributed by atoms with van der Waals surface area (Å²) in [6.45, 7) is 0. The molecule has 0 saturated heterocycles. The first-order chi connectivity index (χ1) is 13.5. The number of imidazole rings is 1. The molecule has 2 aromatic heterocycles. The first kappa shape index (κ1) is 17.1. The number of thioether (sulfide) groups is 1. The van der Waals surface area contributed by atoms with E-state index < -0.39 is 11.9 Å². The van der Waals surface area contributed by atoms with Gasteiger partial charge in [0.2, 0.25) is 0 Å². The maximum absolute atomic E-state index is 13.3. The molecule has 0 unspecified atom stereocenters. The van der Waals surface area contributed by atoms with E-state index in [9.17, 15) is 13.2 Å². The van der Waals surface area contributed by atoms with Crippen LogP contribution in [-0.2, 0) is 6.18 Å². The summed E-state index contributed by atoms with van der Waals surface area (Å²) >= 11 is 1.66. The summed E-state index contributed by atoms with van der Waals surface area (Å²) in [7, 11) is 0. The van der Waals surface area contributed by atoms with E-state index in [0.29, 0.717) is 17.0 Å². The van der Waals surface area contributed by atoms with E-state index in [1.54, 1.807) is 11.8 Å². The average Bonchev–Trinajstić information content (AvgIpc) is 3.31. The van der Waals surface area contributed by atoms with Crippen molar-refractivity contribution in [3.8, 4) is 22.5 Å². The van der Waals surface area contributed by atoms with Crippen LogP contribution in [0, 0.1) is 0 Å². The Morgan fingerprint density at radius 3 is 2.64 bits per heavy atom. The lowest BCUT2D eigenvalue weighted by atomic mass is 10.0. The van der Waals surface area contributed by atoms with Crippen LogP contribution < -0.4 is 5.32 Å². The zero-order chi connectivity index (χ0) is 19.3. The molecule has 5 rings (SSSR count). The third-order valence-corrected chi connectivity index (χ3v) is 5.53. The SMILES string of the molecule is FC(F)(F)c1cn2c(-c3ccc4c(c3)SCN4)c(-c3ccccc3)nc2cn1. The second-order valence-corrected chi connectivity index (χ2v) is 7.37. The van der Waals surface area contributed by atoms with E-state index in [-0.39, 0.29) is 0 Å². The lowest BCUT2D eigenvalue weighted by Crippen LogP contribution is -2.09. The van der Waals surface area contributed by atoms with Crippen molar-refractivity contribution in [1.29, 1.82) is 0 Å². The van der Waals surface area contributed by atoms with Gasteiger partial charge in [-0.15, -0.1) is 11.8 Å². The monoisotopic (exact) mass is 398 g/mol. The Balaban J connectivity index is 1.81. The number of hydrogen-bond donors (Lipinski definition) is 1. The molecule has 1 aliphatic rings. The number of aromatic nitrogens is 3. The Morgan fingerprint density at radius 2 is 1.86 bits per heavy atom. The molecular weight excluding hydrogens is 385 g/mol. The van der Waals surface area contributed by atoms with Gasteiger partial charge in [0.1, 0.15) is 0 Å². The van der Waals surface area contributed by atoms with Crippen molar-refractivity contribution in [2.45, 2.75) is 11.1 Å². The summed E-state index contributed by atoms with van der Waals surface area (Å²) in [5.41, 5.74) is 3.33. The number of rotatable bonds is 2. The van der Waals surface area contributed by atoms with Crippen molar-refractivity contribution < 1.29 is 13.2 Å². The lowest BCUT2D eigenvalue weighted by Gasteiger charge is -2.10. The summed E-state index contributed by atoms with van der Waals surface area (Å²) in [4.78, 5) is 9.21. The van der Waals surface area contributed by atoms with Gasteiger partial charge < -0.3 is 5.32 Å². The van der Waals surface area contributed by atoms with Gasteiger partial charge in [0.05, 0.1) is 23.5 Å². The fourth-order valence-corrected chi connectivity index (χ4v) is 4.19. The van der Waals surface area contributed by atoms with Crippen molar-refractivity contribution in [3.63, 3.8) is 0 Å². The van der Waals surface area contributed by atoms with Crippen LogP contribution in [0.25, 0.3) is 28.2 Å². The Kier molecular flexibility index (Phi) is 3.83. The highest BCUT2D eigenvalue weighted by Gasteiger charge is 2.33. The molecule has 0 aliphatic carbocycles. The van der Waals surface area contributed by atoms with E-state index in [1.165, 1.54) is 10.6 Å². The summed E-state index contributed by atoms with van der Waals surface area (Å²) in [6.07, 6.45) is -2.34. The van der Waals surface area contributed by atoms with Crippen molar-refractivity contribution in [2.24, 2.45) is 0 Å². The minimum atomic E-state index is -4.53. The zero-order valence-electron chi connectivity index (χ0n) is 14.4. The Bertz CT molecular complexity index is 1190. The third kappa shape index (κ3) is 2.80. The lowest BCUT2D eigenvalue weighted by molar-refractivity contribution is -0.141. The molecule has 28 heavy (non-hydrogen) atoms. The molecular formula is C20H13F3N4S. The molecule has 0 spiro atoms. The highest BCUT2D eigenvalue weighted by atomic mass is 32.2. The topological polar surface area (TPSA) is 42.2 Å². The van der Waals surface area contributed by atoms with Crippen LogP contribution in [0.1, 0.15) is 5.69 Å². The standard InChI is InChI=1S/C20H13F3N4S/c21-20(22,23)16-10-27-17(9-24-16)26-18(12-4-2-1-3-5-12)19(27)13-6-7-14-15(8-13)28-11-25-14/h1-10,25H,11H2. The molecule has 3 heterocycles. The zero-order valence-corrected chi connectivity index (χ0v) is 15.2. The summed E-state index contributed by atoms with van der Waals surface area (Å²) in [6, 6.07) is 15.3. The molecule has 0 saturated carbocycles. The molecule has 140 valence electrons. The minimum Gasteiger partial charge on any atom is -0.375 e. The molecule has 1 aliphatic heterocycles. The third-order valence-electron chi connectivity index (χ3n) is 4.59. The summed E-state index contributed by atoms with van der Waals surface area (Å²) < 4.78 is 41.2. The van der Waals surface area contributed by atoms with Crippen LogP contribution in [0.3, 0.4) is 0 Å². The van der Waals surface area contributed by atoms with Crippen LogP contribution >= 0.6 is 11.8 Å². The van der Waals surface area contributed by atoms with Gasteiger partial charge in [0.15, 0.2) is 11.3 Å². The number of alkyl halides is 3. The smallest absolute Gasteiger partial charge is 0.375 e. The Hall–Kier alpha value is -3.00. The van der Waals surface area contributed by atoms with Crippen LogP contribution in [0.4, 0.5) is 18.9 Å². The summed E-state index contributed by atoms with van der Waals surface area (Å²) in [5, 5.41) is 3.27. The number of halogens is 3. The van der Waals surface area contributed by atoms with Gasteiger partial charge >= 0.3 is 6.18 Å². The van der Waals surface area contributed by atoms with Crippen molar-refractivity contribution in [3.05, 3.63) is 66.6 Å². The number of fused-ring (bicyclic) bond motifs is 2. The van der Waals surface area contributed by atoms with Crippen LogP contribution in [0.2, 0.25) is 0 Å². The Morgan fingerprint density at radius 1 is 1.04 bits per heavy atom. The predicted molar refractivity (Wildman–Crippen MR) is 103 cm³/mol. The number of anilines is 1. The maximum atomic E-state index is 13.3. The predicted octanol–water partition coefficient (Wildman–Crippen LogP) is 5.56. The van der Waals surface area contributed by atoms with E-state index in [0.717, 1.165) is 33.8 Å². The molecule has 4 nitrogen and oxygen atoms in total. The first-order valence-corrected chi connectivity index (χ1v) is 9.51. The van der Waals surface area contributed by atoms with E-state index >= 15 is 0 Å². The van der Waals surface area contributed by atoms with Crippen LogP contribution in [0.15, 0.2) is 65.8 Å². The molecule has 0 fully saturated rings. The summed E-state index contributed by atoms with van der Waals surface area (Å²) in [5.74, 6) is 0.777. The van der Waals surface area contributed by atoms with Crippen molar-refractivity contribution in [1.82, 2.24) is 14.4 Å². The van der Waals surface area contributed by atoms with Gasteiger partial charge in [0, 0.05) is 27.9 Å². The van der Waals surface area contributed by atoms with Crippen molar-refractivity contribution >= 4 is 23.1 Å². The number of benzene rings is 2.